The summed E-state index contributed by atoms with van der Waals surface area (Å²) in [5.74, 6) is 7.79. The Hall–Kier alpha value is -4.73. The van der Waals surface area contributed by atoms with Gasteiger partial charge >= 0.3 is 0 Å². The third-order valence-corrected chi connectivity index (χ3v) is 8.16. The van der Waals surface area contributed by atoms with Gasteiger partial charge in [0.05, 0.1) is 17.1 Å². The second kappa shape index (κ2) is 12.9. The lowest BCUT2D eigenvalue weighted by atomic mass is 9.91. The largest absolute Gasteiger partial charge is 0.359 e. The van der Waals surface area contributed by atoms with Crippen LogP contribution in [0, 0.1) is 11.2 Å². The third kappa shape index (κ3) is 7.73. The number of hydrogen-bond acceptors (Lipinski definition) is 5. The minimum atomic E-state index is -1.44. The van der Waals surface area contributed by atoms with E-state index in [1.165, 1.54) is 12.1 Å². The molecule has 0 amide bonds. The van der Waals surface area contributed by atoms with Crippen molar-refractivity contribution >= 4 is 48.6 Å². The van der Waals surface area contributed by atoms with Gasteiger partial charge in [-0.25, -0.2) is 9.37 Å². The number of rotatable bonds is 11. The highest BCUT2D eigenvalue weighted by Gasteiger charge is 2.17. The van der Waals surface area contributed by atoms with E-state index in [4.69, 9.17) is 0 Å². The van der Waals surface area contributed by atoms with E-state index in [1.807, 2.05) is 49.7 Å². The van der Waals surface area contributed by atoms with E-state index >= 15 is 0 Å². The van der Waals surface area contributed by atoms with Crippen molar-refractivity contribution in [2.75, 3.05) is 6.26 Å². The van der Waals surface area contributed by atoms with Crippen LogP contribution in [-0.2, 0) is 6.54 Å². The second-order valence-electron chi connectivity index (χ2n) is 13.0. The second-order valence-corrected chi connectivity index (χ2v) is 15.8. The Morgan fingerprint density at radius 1 is 1.09 bits per heavy atom. The normalized spacial score (nSPS) is 13.0. The molecule has 5 aromatic rings. The molecule has 0 atom stereocenters. The van der Waals surface area contributed by atoms with Gasteiger partial charge in [0, 0.05) is 57.7 Å². The van der Waals surface area contributed by atoms with Crippen LogP contribution in [0.1, 0.15) is 45.2 Å². The number of H-pyrrole nitrogens is 2. The number of hydrogen-bond donors (Lipinski definition) is 4. The van der Waals surface area contributed by atoms with Crippen molar-refractivity contribution in [1.29, 1.82) is 0 Å². The molecule has 0 aliphatic heterocycles. The molecule has 9 heteroatoms. The van der Waals surface area contributed by atoms with Crippen molar-refractivity contribution in [3.05, 3.63) is 109 Å². The maximum absolute atomic E-state index is 14.8. The Morgan fingerprint density at radius 2 is 1.87 bits per heavy atom. The molecule has 0 saturated carbocycles. The Morgan fingerprint density at radius 3 is 2.57 bits per heavy atom. The predicted octanol–water partition coefficient (Wildman–Crippen LogP) is 8.62. The average molecular weight is 636 g/mol. The number of nitrogens with zero attached hydrogens (tertiary/aromatic N) is 3. The van der Waals surface area contributed by atoms with Crippen LogP contribution in [0.15, 0.2) is 91.6 Å². The Kier molecular flexibility index (Phi) is 9.19. The first-order valence-corrected chi connectivity index (χ1v) is 17.4. The summed E-state index contributed by atoms with van der Waals surface area (Å²) < 4.78 is 18.1. The zero-order chi connectivity index (χ0) is 33.2. The molecule has 7 nitrogen and oxygen atoms in total. The van der Waals surface area contributed by atoms with Crippen LogP contribution in [0.2, 0.25) is 0 Å². The number of nitrogens with one attached hydrogen (secondary N) is 4. The van der Waals surface area contributed by atoms with Gasteiger partial charge in [-0.3, -0.25) is 14.8 Å². The van der Waals surface area contributed by atoms with Crippen LogP contribution in [0.3, 0.4) is 0 Å². The summed E-state index contributed by atoms with van der Waals surface area (Å²) in [5, 5.41) is 12.8. The topological polar surface area (TPSA) is 94.3 Å². The van der Waals surface area contributed by atoms with Crippen molar-refractivity contribution in [3.8, 4) is 22.6 Å². The maximum Gasteiger partial charge on any atom is 0.181 e. The van der Waals surface area contributed by atoms with Crippen LogP contribution in [0.25, 0.3) is 50.2 Å². The Balaban J connectivity index is 1.50. The zero-order valence-electron chi connectivity index (χ0n) is 27.2. The van der Waals surface area contributed by atoms with Gasteiger partial charge in [-0.1, -0.05) is 51.7 Å². The number of allylic oxidation sites excluding steroid dienone is 5. The average Bonchev–Trinajstić information content (AvgIpc) is 3.60. The van der Waals surface area contributed by atoms with Gasteiger partial charge in [-0.2, -0.15) is 14.5 Å². The number of halogens is 1. The standard InChI is InChI=1S/C37H42FN7S/c1-10-25(17-29(11-2)42-23(3)20-37(4,5)6)27-18-31-35(44-45-36(31)40-22-27)33-19-30-32(43-33)12-13-39-34(30)26-14-24(15-28(38)16-26)21-41-46(7,8)9/h10-19,22,41-43H,2-3,7-8,20-21H2,1,4-6,9H3,(H,40,44,45)/b25-10+,29-17+. The number of fused-ring (bicyclic) bond motifs is 2. The van der Waals surface area contributed by atoms with Gasteiger partial charge in [0.25, 0.3) is 0 Å². The lowest BCUT2D eigenvalue weighted by Gasteiger charge is -2.21. The molecule has 238 valence electrons. The SMILES string of the molecule is C=C/C(=C\C(=C/C)c1cnc2n[nH]c(-c3cc4c(-c5cc(F)cc(CNS(=C)(=C)C)c5)nccc4[nH]3)c2c1)NC(=C)CC(C)(C)C. The van der Waals surface area contributed by atoms with Gasteiger partial charge in [0.2, 0.25) is 0 Å². The van der Waals surface area contributed by atoms with Gasteiger partial charge in [-0.15, -0.1) is 0 Å². The van der Waals surface area contributed by atoms with Crippen molar-refractivity contribution < 1.29 is 4.39 Å². The predicted molar refractivity (Wildman–Crippen MR) is 197 cm³/mol. The van der Waals surface area contributed by atoms with Crippen molar-refractivity contribution in [2.45, 2.75) is 40.7 Å². The number of benzene rings is 1. The molecule has 4 heterocycles. The molecule has 1 aromatic carbocycles. The van der Waals surface area contributed by atoms with Gasteiger partial charge in [0.15, 0.2) is 5.65 Å². The molecule has 5 rings (SSSR count). The third-order valence-electron chi connectivity index (χ3n) is 7.32. The molecule has 0 aliphatic rings. The fourth-order valence-electron chi connectivity index (χ4n) is 5.36. The zero-order valence-corrected chi connectivity index (χ0v) is 28.0. The van der Waals surface area contributed by atoms with E-state index in [0.717, 1.165) is 62.2 Å². The molecule has 46 heavy (non-hydrogen) atoms. The molecular formula is C37H42FN7S. The molecule has 0 saturated heterocycles. The summed E-state index contributed by atoms with van der Waals surface area (Å²) in [4.78, 5) is 12.8. The first-order chi connectivity index (χ1) is 21.7. The fraction of sp³-hybridized carbons (Fsp3) is 0.216. The summed E-state index contributed by atoms with van der Waals surface area (Å²) >= 11 is 0. The van der Waals surface area contributed by atoms with E-state index in [0.29, 0.717) is 23.4 Å². The molecule has 0 radical (unpaired) electrons. The van der Waals surface area contributed by atoms with E-state index in [9.17, 15) is 4.39 Å². The highest BCUT2D eigenvalue weighted by atomic mass is 32.2. The monoisotopic (exact) mass is 635 g/mol. The van der Waals surface area contributed by atoms with E-state index < -0.39 is 9.39 Å². The highest BCUT2D eigenvalue weighted by molar-refractivity contribution is 8.25. The van der Waals surface area contributed by atoms with Crippen LogP contribution in [-0.4, -0.2) is 43.1 Å². The molecule has 0 aliphatic carbocycles. The van der Waals surface area contributed by atoms with Crippen LogP contribution >= 0.6 is 9.39 Å². The Labute approximate surface area is 271 Å². The number of aromatic amines is 2. The van der Waals surface area contributed by atoms with Crippen LogP contribution in [0.4, 0.5) is 4.39 Å². The van der Waals surface area contributed by atoms with E-state index in [-0.39, 0.29) is 11.2 Å². The quantitative estimate of drug-likeness (QED) is 0.0861. The van der Waals surface area contributed by atoms with Crippen molar-refractivity contribution in [3.63, 3.8) is 0 Å². The highest BCUT2D eigenvalue weighted by Crippen LogP contribution is 2.34. The molecule has 0 bridgehead atoms. The molecule has 4 N–H and O–H groups in total. The van der Waals surface area contributed by atoms with Gasteiger partial charge < -0.3 is 10.3 Å². The summed E-state index contributed by atoms with van der Waals surface area (Å²) in [6, 6.07) is 11.0. The van der Waals surface area contributed by atoms with E-state index in [2.05, 4.69) is 86.9 Å². The molecule has 0 spiro atoms. The number of aromatic nitrogens is 5. The van der Waals surface area contributed by atoms with Crippen molar-refractivity contribution in [2.24, 2.45) is 5.41 Å². The number of pyridine rings is 2. The fourth-order valence-corrected chi connectivity index (χ4v) is 5.88. The molecular weight excluding hydrogens is 594 g/mol. The first kappa shape index (κ1) is 32.7. The Bertz CT molecular complexity index is 2120. The van der Waals surface area contributed by atoms with Gasteiger partial charge in [0.1, 0.15) is 5.82 Å². The summed E-state index contributed by atoms with van der Waals surface area (Å²) in [7, 11) is -1.44. The lowest BCUT2D eigenvalue weighted by molar-refractivity contribution is 0.403. The van der Waals surface area contributed by atoms with Crippen molar-refractivity contribution in [1.82, 2.24) is 35.2 Å². The smallest absolute Gasteiger partial charge is 0.181 e. The van der Waals surface area contributed by atoms with Gasteiger partial charge in [-0.05, 0) is 84.7 Å². The minimum absolute atomic E-state index is 0.117. The molecule has 0 unspecified atom stereocenters. The van der Waals surface area contributed by atoms with Crippen LogP contribution in [0.5, 0.6) is 0 Å². The first-order valence-electron chi connectivity index (χ1n) is 15.0. The summed E-state index contributed by atoms with van der Waals surface area (Å²) in [5.41, 5.74) is 9.08. The minimum Gasteiger partial charge on any atom is -0.359 e. The van der Waals surface area contributed by atoms with Crippen LogP contribution < -0.4 is 10.0 Å². The lowest BCUT2D eigenvalue weighted by Crippen LogP contribution is -2.16. The molecule has 0 fully saturated rings. The van der Waals surface area contributed by atoms with E-state index in [1.54, 1.807) is 12.3 Å². The summed E-state index contributed by atoms with van der Waals surface area (Å²) in [6.07, 6.45) is 12.2. The molecule has 4 aromatic heterocycles. The summed E-state index contributed by atoms with van der Waals surface area (Å²) in [6.45, 7) is 17.2. The maximum atomic E-state index is 14.8.